The number of piperidine rings is 1. The van der Waals surface area contributed by atoms with Crippen LogP contribution in [0.25, 0.3) is 0 Å². The molecule has 0 aromatic heterocycles. The van der Waals surface area contributed by atoms with Crippen LogP contribution in [-0.2, 0) is 15.8 Å². The van der Waals surface area contributed by atoms with E-state index in [0.717, 1.165) is 37.2 Å². The molecule has 1 saturated heterocycles. The summed E-state index contributed by atoms with van der Waals surface area (Å²) in [6, 6.07) is 7.38. The summed E-state index contributed by atoms with van der Waals surface area (Å²) in [6.07, 6.45) is 7.93. The van der Waals surface area contributed by atoms with Crippen molar-refractivity contribution in [3.8, 4) is 0 Å². The van der Waals surface area contributed by atoms with Crippen LogP contribution in [0.1, 0.15) is 60.9 Å². The molecule has 2 saturated carbocycles. The Balaban J connectivity index is 1.36. The molecule has 0 spiro atoms. The standard InChI is InChI=1S/C20H28N2O3S/c23-20(21-19-13-16-6-9-18(19)12-16)17-7-4-15(5-8-17)14-26(24,25)22-10-2-1-3-11-22/h4-5,7-8,16,18-19H,1-3,6,9-14H2,(H,21,23)/t16-,18+,19-/m0/s1. The maximum atomic E-state index is 12.5. The third-order valence-corrected chi connectivity index (χ3v) is 8.18. The van der Waals surface area contributed by atoms with E-state index in [-0.39, 0.29) is 11.7 Å². The van der Waals surface area contributed by atoms with Gasteiger partial charge in [-0.2, -0.15) is 0 Å². The van der Waals surface area contributed by atoms with Crippen molar-refractivity contribution in [2.75, 3.05) is 13.1 Å². The summed E-state index contributed by atoms with van der Waals surface area (Å²) in [6.45, 7) is 1.26. The zero-order chi connectivity index (χ0) is 18.1. The van der Waals surface area contributed by atoms with E-state index < -0.39 is 10.0 Å². The number of benzene rings is 1. The van der Waals surface area contributed by atoms with Crippen molar-refractivity contribution >= 4 is 15.9 Å². The Morgan fingerprint density at radius 3 is 2.38 bits per heavy atom. The number of nitrogens with one attached hydrogen (secondary N) is 1. The summed E-state index contributed by atoms with van der Waals surface area (Å²) in [5.41, 5.74) is 1.36. The van der Waals surface area contributed by atoms with Crippen LogP contribution < -0.4 is 5.32 Å². The summed E-state index contributed by atoms with van der Waals surface area (Å²) < 4.78 is 26.7. The molecule has 142 valence electrons. The summed E-state index contributed by atoms with van der Waals surface area (Å²) in [5.74, 6) is 1.43. The predicted molar refractivity (Wildman–Crippen MR) is 101 cm³/mol. The topological polar surface area (TPSA) is 66.5 Å². The molecule has 3 atom stereocenters. The van der Waals surface area contributed by atoms with Gasteiger partial charge in [0.05, 0.1) is 5.75 Å². The quantitative estimate of drug-likeness (QED) is 0.859. The van der Waals surface area contributed by atoms with Gasteiger partial charge in [-0.3, -0.25) is 4.79 Å². The number of carbonyl (C=O) groups is 1. The third-order valence-electron chi connectivity index (χ3n) is 6.33. The van der Waals surface area contributed by atoms with Gasteiger partial charge in [0.2, 0.25) is 10.0 Å². The van der Waals surface area contributed by atoms with E-state index >= 15 is 0 Å². The Bertz CT molecular complexity index is 754. The van der Waals surface area contributed by atoms with E-state index in [9.17, 15) is 13.2 Å². The molecule has 3 aliphatic rings. The molecule has 1 N–H and O–H groups in total. The first-order valence-corrected chi connectivity index (χ1v) is 11.5. The number of amides is 1. The molecule has 4 rings (SSSR count). The number of nitrogens with zero attached hydrogens (tertiary/aromatic N) is 1. The summed E-state index contributed by atoms with van der Waals surface area (Å²) in [5, 5.41) is 3.18. The van der Waals surface area contributed by atoms with E-state index in [4.69, 9.17) is 0 Å². The lowest BCUT2D eigenvalue weighted by molar-refractivity contribution is 0.0923. The SMILES string of the molecule is O=C(N[C@H]1C[C@H]2CC[C@@H]1C2)c1ccc(CS(=O)(=O)N2CCCCC2)cc1. The van der Waals surface area contributed by atoms with E-state index in [2.05, 4.69) is 5.32 Å². The van der Waals surface area contributed by atoms with Crippen molar-refractivity contribution in [2.24, 2.45) is 11.8 Å². The molecule has 5 nitrogen and oxygen atoms in total. The Morgan fingerprint density at radius 1 is 1.04 bits per heavy atom. The number of carbonyl (C=O) groups excluding carboxylic acids is 1. The fourth-order valence-electron chi connectivity index (χ4n) is 4.87. The second-order valence-electron chi connectivity index (χ2n) is 8.17. The first-order chi connectivity index (χ1) is 12.5. The summed E-state index contributed by atoms with van der Waals surface area (Å²) in [4.78, 5) is 12.5. The molecular formula is C20H28N2O3S. The van der Waals surface area contributed by atoms with E-state index in [1.54, 1.807) is 28.6 Å². The molecule has 0 unspecified atom stereocenters. The first kappa shape index (κ1) is 18.0. The Kier molecular flexibility index (Phi) is 5.06. The molecule has 1 aliphatic heterocycles. The molecular weight excluding hydrogens is 348 g/mol. The highest BCUT2D eigenvalue weighted by Crippen LogP contribution is 2.44. The lowest BCUT2D eigenvalue weighted by atomic mass is 9.95. The zero-order valence-corrected chi connectivity index (χ0v) is 16.0. The monoisotopic (exact) mass is 376 g/mol. The lowest BCUT2D eigenvalue weighted by Gasteiger charge is -2.26. The molecule has 1 amide bonds. The second kappa shape index (κ2) is 7.31. The molecule has 6 heteroatoms. The van der Waals surface area contributed by atoms with Crippen molar-refractivity contribution in [3.05, 3.63) is 35.4 Å². The van der Waals surface area contributed by atoms with Crippen LogP contribution in [0.2, 0.25) is 0 Å². The van der Waals surface area contributed by atoms with Crippen molar-refractivity contribution in [3.63, 3.8) is 0 Å². The van der Waals surface area contributed by atoms with Gasteiger partial charge in [-0.25, -0.2) is 12.7 Å². The fraction of sp³-hybridized carbons (Fsp3) is 0.650. The maximum Gasteiger partial charge on any atom is 0.251 e. The van der Waals surface area contributed by atoms with Gasteiger partial charge >= 0.3 is 0 Å². The summed E-state index contributed by atoms with van der Waals surface area (Å²) >= 11 is 0. The smallest absolute Gasteiger partial charge is 0.251 e. The number of hydrogen-bond acceptors (Lipinski definition) is 3. The minimum absolute atomic E-state index is 0.0152. The van der Waals surface area contributed by atoms with Crippen LogP contribution >= 0.6 is 0 Å². The highest BCUT2D eigenvalue weighted by molar-refractivity contribution is 7.88. The van der Waals surface area contributed by atoms with Crippen molar-refractivity contribution < 1.29 is 13.2 Å². The van der Waals surface area contributed by atoms with E-state index in [0.29, 0.717) is 30.6 Å². The molecule has 2 aliphatic carbocycles. The molecule has 0 radical (unpaired) electrons. The largest absolute Gasteiger partial charge is 0.349 e. The number of hydrogen-bond donors (Lipinski definition) is 1. The number of rotatable bonds is 5. The summed E-state index contributed by atoms with van der Waals surface area (Å²) in [7, 11) is -3.26. The van der Waals surface area contributed by atoms with Gasteiger partial charge in [-0.15, -0.1) is 0 Å². The molecule has 3 fully saturated rings. The minimum Gasteiger partial charge on any atom is -0.349 e. The van der Waals surface area contributed by atoms with Crippen LogP contribution in [0.5, 0.6) is 0 Å². The average molecular weight is 377 g/mol. The Hall–Kier alpha value is -1.40. The maximum absolute atomic E-state index is 12.5. The van der Waals surface area contributed by atoms with Crippen LogP contribution in [0, 0.1) is 11.8 Å². The number of fused-ring (bicyclic) bond motifs is 2. The van der Waals surface area contributed by atoms with Gasteiger partial charge in [0.15, 0.2) is 0 Å². The van der Waals surface area contributed by atoms with Gasteiger partial charge in [-0.05, 0) is 61.6 Å². The van der Waals surface area contributed by atoms with Gasteiger partial charge in [-0.1, -0.05) is 25.0 Å². The van der Waals surface area contributed by atoms with Gasteiger partial charge < -0.3 is 5.32 Å². The van der Waals surface area contributed by atoms with Gasteiger partial charge in [0.1, 0.15) is 0 Å². The first-order valence-electron chi connectivity index (χ1n) is 9.89. The Morgan fingerprint density at radius 2 is 1.77 bits per heavy atom. The molecule has 2 bridgehead atoms. The fourth-order valence-corrected chi connectivity index (χ4v) is 6.48. The van der Waals surface area contributed by atoms with Crippen molar-refractivity contribution in [1.29, 1.82) is 0 Å². The number of sulfonamides is 1. The van der Waals surface area contributed by atoms with Crippen LogP contribution in [-0.4, -0.2) is 37.8 Å². The molecule has 1 aromatic rings. The van der Waals surface area contributed by atoms with Crippen molar-refractivity contribution in [2.45, 2.75) is 56.7 Å². The zero-order valence-electron chi connectivity index (χ0n) is 15.2. The molecule has 26 heavy (non-hydrogen) atoms. The van der Waals surface area contributed by atoms with Crippen LogP contribution in [0.15, 0.2) is 24.3 Å². The highest BCUT2D eigenvalue weighted by Gasteiger charge is 2.40. The average Bonchev–Trinajstić information content (AvgIpc) is 3.26. The molecule has 1 aromatic carbocycles. The molecule has 1 heterocycles. The van der Waals surface area contributed by atoms with Crippen molar-refractivity contribution in [1.82, 2.24) is 9.62 Å². The van der Waals surface area contributed by atoms with Gasteiger partial charge in [0, 0.05) is 24.7 Å². The predicted octanol–water partition coefficient (Wildman–Crippen LogP) is 2.92. The normalized spacial score (nSPS) is 29.0. The van der Waals surface area contributed by atoms with E-state index in [1.165, 1.54) is 19.3 Å². The van der Waals surface area contributed by atoms with E-state index in [1.807, 2.05) is 0 Å². The van der Waals surface area contributed by atoms with Crippen LogP contribution in [0.4, 0.5) is 0 Å². The Labute approximate surface area is 156 Å². The van der Waals surface area contributed by atoms with Gasteiger partial charge in [0.25, 0.3) is 5.91 Å². The van der Waals surface area contributed by atoms with Crippen LogP contribution in [0.3, 0.4) is 0 Å². The third kappa shape index (κ3) is 3.81. The minimum atomic E-state index is -3.26. The lowest BCUT2D eigenvalue weighted by Crippen LogP contribution is -2.38. The second-order valence-corrected chi connectivity index (χ2v) is 10.1. The highest BCUT2D eigenvalue weighted by atomic mass is 32.2.